The van der Waals surface area contributed by atoms with Crippen LogP contribution in [0.4, 0.5) is 0 Å². The summed E-state index contributed by atoms with van der Waals surface area (Å²) >= 11 is 3.62. The summed E-state index contributed by atoms with van der Waals surface area (Å²) in [5, 5.41) is 3.46. The molecule has 1 rings (SSSR count). The molecule has 1 N–H and O–H groups in total. The van der Waals surface area contributed by atoms with E-state index in [0.29, 0.717) is 6.04 Å². The molecule has 1 aromatic rings. The van der Waals surface area contributed by atoms with Gasteiger partial charge in [0.15, 0.2) is 0 Å². The van der Waals surface area contributed by atoms with Gasteiger partial charge in [0.1, 0.15) is 0 Å². The van der Waals surface area contributed by atoms with Gasteiger partial charge in [0.2, 0.25) is 0 Å². The van der Waals surface area contributed by atoms with E-state index in [0.717, 1.165) is 19.6 Å². The highest BCUT2D eigenvalue weighted by Gasteiger charge is 2.10. The van der Waals surface area contributed by atoms with E-state index in [1.54, 1.807) is 0 Å². The Labute approximate surface area is 126 Å². The average molecular weight is 327 g/mol. The van der Waals surface area contributed by atoms with Crippen LogP contribution in [0.5, 0.6) is 0 Å². The van der Waals surface area contributed by atoms with Crippen molar-refractivity contribution in [3.63, 3.8) is 0 Å². The fourth-order valence-electron chi connectivity index (χ4n) is 2.10. The van der Waals surface area contributed by atoms with Crippen LogP contribution in [-0.4, -0.2) is 31.1 Å². The lowest BCUT2D eigenvalue weighted by atomic mass is 10.1. The number of hydrogen-bond acceptors (Lipinski definition) is 2. The Morgan fingerprint density at radius 2 is 2.00 bits per heavy atom. The van der Waals surface area contributed by atoms with Gasteiger partial charge >= 0.3 is 0 Å². The first-order valence-corrected chi connectivity index (χ1v) is 8.08. The standard InChI is InChI=1S/C16H27BrN2/c1-4-11-18-12-7-8-14(2)19(3)13-15-9-5-6-10-16(15)17/h5-6,9-10,14,18H,4,7-8,11-13H2,1-3H3. The predicted octanol–water partition coefficient (Wildman–Crippen LogP) is 4.05. The molecule has 1 atom stereocenters. The predicted molar refractivity (Wildman–Crippen MR) is 87.5 cm³/mol. The fraction of sp³-hybridized carbons (Fsp3) is 0.625. The molecule has 0 spiro atoms. The van der Waals surface area contributed by atoms with Gasteiger partial charge in [0, 0.05) is 17.1 Å². The van der Waals surface area contributed by atoms with Crippen molar-refractivity contribution < 1.29 is 0 Å². The molecule has 0 aromatic heterocycles. The van der Waals surface area contributed by atoms with Gasteiger partial charge < -0.3 is 5.32 Å². The Bertz CT molecular complexity index is 354. The maximum absolute atomic E-state index is 3.62. The quantitative estimate of drug-likeness (QED) is 0.689. The molecule has 0 radical (unpaired) electrons. The molecule has 0 aliphatic heterocycles. The maximum atomic E-state index is 3.62. The SMILES string of the molecule is CCCNCCCC(C)N(C)Cc1ccccc1Br. The number of halogens is 1. The molecule has 0 heterocycles. The summed E-state index contributed by atoms with van der Waals surface area (Å²) in [4.78, 5) is 2.43. The van der Waals surface area contributed by atoms with E-state index < -0.39 is 0 Å². The van der Waals surface area contributed by atoms with Crippen LogP contribution in [-0.2, 0) is 6.54 Å². The van der Waals surface area contributed by atoms with Gasteiger partial charge in [0.05, 0.1) is 0 Å². The van der Waals surface area contributed by atoms with Crippen LogP contribution in [0.3, 0.4) is 0 Å². The van der Waals surface area contributed by atoms with Crippen LogP contribution < -0.4 is 5.32 Å². The summed E-state index contributed by atoms with van der Waals surface area (Å²) in [7, 11) is 2.21. The van der Waals surface area contributed by atoms with Crippen molar-refractivity contribution in [1.82, 2.24) is 10.2 Å². The molecule has 0 aliphatic carbocycles. The molecule has 1 unspecified atom stereocenters. The van der Waals surface area contributed by atoms with E-state index in [4.69, 9.17) is 0 Å². The van der Waals surface area contributed by atoms with E-state index in [9.17, 15) is 0 Å². The van der Waals surface area contributed by atoms with E-state index in [-0.39, 0.29) is 0 Å². The van der Waals surface area contributed by atoms with Gasteiger partial charge in [-0.05, 0) is 58.0 Å². The Hall–Kier alpha value is -0.380. The van der Waals surface area contributed by atoms with Crippen molar-refractivity contribution in [2.75, 3.05) is 20.1 Å². The zero-order chi connectivity index (χ0) is 14.1. The Kier molecular flexibility index (Phi) is 8.35. The number of hydrogen-bond donors (Lipinski definition) is 1. The van der Waals surface area contributed by atoms with Gasteiger partial charge in [0.25, 0.3) is 0 Å². The number of benzene rings is 1. The molecule has 0 aliphatic rings. The third-order valence-electron chi connectivity index (χ3n) is 3.53. The topological polar surface area (TPSA) is 15.3 Å². The van der Waals surface area contributed by atoms with Gasteiger partial charge in [-0.25, -0.2) is 0 Å². The lowest BCUT2D eigenvalue weighted by Crippen LogP contribution is -2.29. The van der Waals surface area contributed by atoms with Gasteiger partial charge in [-0.3, -0.25) is 4.90 Å². The first kappa shape index (κ1) is 16.7. The molecule has 1 aromatic carbocycles. The van der Waals surface area contributed by atoms with E-state index in [1.807, 2.05) is 0 Å². The van der Waals surface area contributed by atoms with Crippen LogP contribution in [0.2, 0.25) is 0 Å². The second-order valence-corrected chi connectivity index (χ2v) is 6.10. The maximum Gasteiger partial charge on any atom is 0.0244 e. The van der Waals surface area contributed by atoms with Crippen molar-refractivity contribution in [3.8, 4) is 0 Å². The van der Waals surface area contributed by atoms with E-state index in [2.05, 4.69) is 71.3 Å². The number of nitrogens with zero attached hydrogens (tertiary/aromatic N) is 1. The van der Waals surface area contributed by atoms with Gasteiger partial charge in [-0.2, -0.15) is 0 Å². The lowest BCUT2D eigenvalue weighted by molar-refractivity contribution is 0.234. The third-order valence-corrected chi connectivity index (χ3v) is 4.31. The van der Waals surface area contributed by atoms with Crippen LogP contribution in [0.15, 0.2) is 28.7 Å². The molecule has 108 valence electrons. The highest BCUT2D eigenvalue weighted by atomic mass is 79.9. The third kappa shape index (κ3) is 6.55. The number of nitrogens with one attached hydrogen (secondary N) is 1. The minimum absolute atomic E-state index is 0.621. The Morgan fingerprint density at radius 3 is 2.68 bits per heavy atom. The highest BCUT2D eigenvalue weighted by molar-refractivity contribution is 9.10. The smallest absolute Gasteiger partial charge is 0.0244 e. The summed E-state index contributed by atoms with van der Waals surface area (Å²) in [6.45, 7) is 7.81. The molecule has 0 saturated heterocycles. The van der Waals surface area contributed by atoms with Crippen molar-refractivity contribution in [2.24, 2.45) is 0 Å². The van der Waals surface area contributed by atoms with E-state index >= 15 is 0 Å². The van der Waals surface area contributed by atoms with Crippen molar-refractivity contribution in [2.45, 2.75) is 45.7 Å². The largest absolute Gasteiger partial charge is 0.317 e. The van der Waals surface area contributed by atoms with Crippen LogP contribution in [0, 0.1) is 0 Å². The average Bonchev–Trinajstić information content (AvgIpc) is 2.41. The molecule has 3 heteroatoms. The Balaban J connectivity index is 2.28. The normalized spacial score (nSPS) is 12.9. The van der Waals surface area contributed by atoms with Crippen LogP contribution >= 0.6 is 15.9 Å². The minimum Gasteiger partial charge on any atom is -0.317 e. The second-order valence-electron chi connectivity index (χ2n) is 5.25. The zero-order valence-electron chi connectivity index (χ0n) is 12.5. The summed E-state index contributed by atoms with van der Waals surface area (Å²) < 4.78 is 1.21. The van der Waals surface area contributed by atoms with Crippen LogP contribution in [0.1, 0.15) is 38.7 Å². The fourth-order valence-corrected chi connectivity index (χ4v) is 2.51. The van der Waals surface area contributed by atoms with Gasteiger partial charge in [-0.15, -0.1) is 0 Å². The van der Waals surface area contributed by atoms with Crippen molar-refractivity contribution in [1.29, 1.82) is 0 Å². The summed E-state index contributed by atoms with van der Waals surface area (Å²) in [5.74, 6) is 0. The summed E-state index contributed by atoms with van der Waals surface area (Å²) in [6.07, 6.45) is 3.72. The van der Waals surface area contributed by atoms with Crippen molar-refractivity contribution >= 4 is 15.9 Å². The molecule has 0 amide bonds. The molecule has 19 heavy (non-hydrogen) atoms. The van der Waals surface area contributed by atoms with Crippen LogP contribution in [0.25, 0.3) is 0 Å². The molecule has 2 nitrogen and oxygen atoms in total. The first-order chi connectivity index (χ1) is 9.15. The summed E-state index contributed by atoms with van der Waals surface area (Å²) in [6, 6.07) is 9.10. The first-order valence-electron chi connectivity index (χ1n) is 7.29. The highest BCUT2D eigenvalue weighted by Crippen LogP contribution is 2.18. The Morgan fingerprint density at radius 1 is 1.26 bits per heavy atom. The second kappa shape index (κ2) is 9.51. The number of rotatable bonds is 9. The van der Waals surface area contributed by atoms with Crippen molar-refractivity contribution in [3.05, 3.63) is 34.3 Å². The molecule has 0 saturated carbocycles. The molecular formula is C16H27BrN2. The van der Waals surface area contributed by atoms with E-state index in [1.165, 1.54) is 29.3 Å². The minimum atomic E-state index is 0.621. The molecule has 0 bridgehead atoms. The molecule has 0 fully saturated rings. The molecular weight excluding hydrogens is 300 g/mol. The monoisotopic (exact) mass is 326 g/mol. The lowest BCUT2D eigenvalue weighted by Gasteiger charge is -2.25. The summed E-state index contributed by atoms with van der Waals surface area (Å²) in [5.41, 5.74) is 1.36. The zero-order valence-corrected chi connectivity index (χ0v) is 14.0. The van der Waals surface area contributed by atoms with Gasteiger partial charge in [-0.1, -0.05) is 41.1 Å².